The molecule has 3 aromatic rings. The highest BCUT2D eigenvalue weighted by atomic mass is 16.5. The van der Waals surface area contributed by atoms with Gasteiger partial charge in [0.05, 0.1) is 11.4 Å². The third kappa shape index (κ3) is 3.74. The number of nitrogens with one attached hydrogen (secondary N) is 1. The molecule has 0 bridgehead atoms. The average molecular weight is 341 g/mol. The Kier molecular flexibility index (Phi) is 5.18. The van der Waals surface area contributed by atoms with Crippen LogP contribution in [0.25, 0.3) is 11.0 Å². The summed E-state index contributed by atoms with van der Waals surface area (Å²) in [5.74, 6) is 1.62. The zero-order chi connectivity index (χ0) is 17.8. The van der Waals surface area contributed by atoms with Crippen molar-refractivity contribution in [3.05, 3.63) is 35.8 Å². The summed E-state index contributed by atoms with van der Waals surface area (Å²) in [6.07, 6.45) is 4.19. The van der Waals surface area contributed by atoms with Crippen molar-refractivity contribution in [2.75, 3.05) is 19.0 Å². The minimum absolute atomic E-state index is 0.0520. The third-order valence-corrected chi connectivity index (χ3v) is 4.06. The molecule has 0 saturated heterocycles. The summed E-state index contributed by atoms with van der Waals surface area (Å²) < 4.78 is 7.15. The maximum Gasteiger partial charge on any atom is 0.165 e. The van der Waals surface area contributed by atoms with E-state index in [2.05, 4.69) is 30.5 Å². The van der Waals surface area contributed by atoms with Crippen molar-refractivity contribution in [1.29, 1.82) is 0 Å². The number of hydrogen-bond acceptors (Lipinski definition) is 7. The molecule has 0 fully saturated rings. The Hall–Kier alpha value is -2.61. The van der Waals surface area contributed by atoms with Crippen molar-refractivity contribution in [3.63, 3.8) is 0 Å². The number of anilines is 1. The molecule has 0 aromatic carbocycles. The maximum atomic E-state index is 5.11. The normalized spacial score (nSPS) is 12.5. The van der Waals surface area contributed by atoms with Gasteiger partial charge in [0, 0.05) is 26.0 Å². The SMILES string of the molecule is COCCCn1cnnc1C(C)Nc1ncnc2nc(C)cc(C)c12. The van der Waals surface area contributed by atoms with Crippen molar-refractivity contribution in [3.8, 4) is 0 Å². The van der Waals surface area contributed by atoms with E-state index in [1.807, 2.05) is 31.4 Å². The zero-order valence-corrected chi connectivity index (χ0v) is 15.0. The Morgan fingerprint density at radius 2 is 2.12 bits per heavy atom. The summed E-state index contributed by atoms with van der Waals surface area (Å²) in [7, 11) is 1.70. The van der Waals surface area contributed by atoms with E-state index in [0.29, 0.717) is 12.3 Å². The summed E-state index contributed by atoms with van der Waals surface area (Å²) in [6.45, 7) is 7.57. The molecule has 0 aliphatic carbocycles. The minimum Gasteiger partial charge on any atom is -0.385 e. The first-order valence-corrected chi connectivity index (χ1v) is 8.32. The van der Waals surface area contributed by atoms with E-state index in [4.69, 9.17) is 4.74 Å². The first-order chi connectivity index (χ1) is 12.1. The predicted molar refractivity (Wildman–Crippen MR) is 95.4 cm³/mol. The monoisotopic (exact) mass is 341 g/mol. The fraction of sp³-hybridized carbons (Fsp3) is 0.471. The number of rotatable bonds is 7. The highest BCUT2D eigenvalue weighted by Gasteiger charge is 2.16. The van der Waals surface area contributed by atoms with E-state index < -0.39 is 0 Å². The summed E-state index contributed by atoms with van der Waals surface area (Å²) in [6, 6.07) is 1.98. The molecule has 0 spiro atoms. The number of fused-ring (bicyclic) bond motifs is 1. The lowest BCUT2D eigenvalue weighted by Gasteiger charge is -2.17. The Labute approximate surface area is 146 Å². The molecule has 1 unspecified atom stereocenters. The summed E-state index contributed by atoms with van der Waals surface area (Å²) in [4.78, 5) is 13.2. The molecule has 8 heteroatoms. The second kappa shape index (κ2) is 7.52. The van der Waals surface area contributed by atoms with Crippen LogP contribution < -0.4 is 5.32 Å². The number of hydrogen-bond donors (Lipinski definition) is 1. The van der Waals surface area contributed by atoms with Gasteiger partial charge in [-0.3, -0.25) is 0 Å². The van der Waals surface area contributed by atoms with Crippen molar-refractivity contribution in [2.45, 2.75) is 39.8 Å². The van der Waals surface area contributed by atoms with E-state index in [1.54, 1.807) is 13.4 Å². The minimum atomic E-state index is -0.0520. The quantitative estimate of drug-likeness (QED) is 0.660. The zero-order valence-electron chi connectivity index (χ0n) is 15.0. The average Bonchev–Trinajstić information content (AvgIpc) is 3.03. The van der Waals surface area contributed by atoms with Crippen LogP contribution >= 0.6 is 0 Å². The molecule has 3 rings (SSSR count). The maximum absolute atomic E-state index is 5.11. The van der Waals surface area contributed by atoms with Gasteiger partial charge in [0.15, 0.2) is 11.5 Å². The van der Waals surface area contributed by atoms with E-state index in [9.17, 15) is 0 Å². The first-order valence-electron chi connectivity index (χ1n) is 8.32. The van der Waals surface area contributed by atoms with E-state index in [0.717, 1.165) is 41.3 Å². The standard InChI is InChI=1S/C17H23N7O/c1-11-8-12(2)21-15-14(11)16(19-9-18-15)22-13(3)17-23-20-10-24(17)6-5-7-25-4/h8-10,13H,5-7H2,1-4H3,(H,18,19,21,22). The highest BCUT2D eigenvalue weighted by Crippen LogP contribution is 2.25. The summed E-state index contributed by atoms with van der Waals surface area (Å²) in [5.41, 5.74) is 2.74. The van der Waals surface area contributed by atoms with Crippen LogP contribution in [0.5, 0.6) is 0 Å². The second-order valence-electron chi connectivity index (χ2n) is 6.10. The van der Waals surface area contributed by atoms with Crippen molar-refractivity contribution in [1.82, 2.24) is 29.7 Å². The lowest BCUT2D eigenvalue weighted by atomic mass is 10.1. The molecule has 25 heavy (non-hydrogen) atoms. The van der Waals surface area contributed by atoms with Crippen molar-refractivity contribution in [2.24, 2.45) is 0 Å². The van der Waals surface area contributed by atoms with Gasteiger partial charge in [-0.25, -0.2) is 15.0 Å². The number of pyridine rings is 1. The lowest BCUT2D eigenvalue weighted by molar-refractivity contribution is 0.190. The molecule has 3 aromatic heterocycles. The molecule has 8 nitrogen and oxygen atoms in total. The van der Waals surface area contributed by atoms with Gasteiger partial charge in [0.2, 0.25) is 0 Å². The Morgan fingerprint density at radius 3 is 2.92 bits per heavy atom. The molecule has 1 N–H and O–H groups in total. The van der Waals surface area contributed by atoms with Crippen LogP contribution in [0.15, 0.2) is 18.7 Å². The van der Waals surface area contributed by atoms with Gasteiger partial charge < -0.3 is 14.6 Å². The number of methoxy groups -OCH3 is 1. The lowest BCUT2D eigenvalue weighted by Crippen LogP contribution is -2.15. The van der Waals surface area contributed by atoms with Gasteiger partial charge in [-0.1, -0.05) is 0 Å². The van der Waals surface area contributed by atoms with Gasteiger partial charge in [0.1, 0.15) is 18.5 Å². The molecule has 132 valence electrons. The summed E-state index contributed by atoms with van der Waals surface area (Å²) >= 11 is 0. The molecule has 0 amide bonds. The number of nitrogens with zero attached hydrogens (tertiary/aromatic N) is 6. The van der Waals surface area contributed by atoms with Crippen LogP contribution in [0, 0.1) is 13.8 Å². The number of ether oxygens (including phenoxy) is 1. The molecular formula is C17H23N7O. The molecule has 3 heterocycles. The molecule has 0 saturated carbocycles. The Balaban J connectivity index is 1.86. The first kappa shape index (κ1) is 17.2. The largest absolute Gasteiger partial charge is 0.385 e. The van der Waals surface area contributed by atoms with Crippen LogP contribution in [0.3, 0.4) is 0 Å². The van der Waals surface area contributed by atoms with E-state index >= 15 is 0 Å². The highest BCUT2D eigenvalue weighted by molar-refractivity contribution is 5.89. The molecule has 0 aliphatic rings. The second-order valence-corrected chi connectivity index (χ2v) is 6.10. The van der Waals surface area contributed by atoms with Crippen LogP contribution in [0.1, 0.15) is 36.5 Å². The fourth-order valence-electron chi connectivity index (χ4n) is 2.94. The molecule has 0 aliphatic heterocycles. The van der Waals surface area contributed by atoms with Crippen LogP contribution in [0.2, 0.25) is 0 Å². The van der Waals surface area contributed by atoms with E-state index in [1.165, 1.54) is 6.33 Å². The smallest absolute Gasteiger partial charge is 0.165 e. The van der Waals surface area contributed by atoms with Crippen LogP contribution in [0.4, 0.5) is 5.82 Å². The molecule has 0 radical (unpaired) electrons. The number of aryl methyl sites for hydroxylation is 3. The molecular weight excluding hydrogens is 318 g/mol. The van der Waals surface area contributed by atoms with Crippen LogP contribution in [-0.4, -0.2) is 43.4 Å². The molecule has 1 atom stereocenters. The van der Waals surface area contributed by atoms with Gasteiger partial charge in [-0.15, -0.1) is 10.2 Å². The van der Waals surface area contributed by atoms with Gasteiger partial charge in [0.25, 0.3) is 0 Å². The predicted octanol–water partition coefficient (Wildman–Crippen LogP) is 2.44. The number of aromatic nitrogens is 6. The topological polar surface area (TPSA) is 90.6 Å². The van der Waals surface area contributed by atoms with Gasteiger partial charge >= 0.3 is 0 Å². The van der Waals surface area contributed by atoms with Gasteiger partial charge in [-0.05, 0) is 38.8 Å². The summed E-state index contributed by atoms with van der Waals surface area (Å²) in [5, 5.41) is 12.7. The fourth-order valence-corrected chi connectivity index (χ4v) is 2.94. The van der Waals surface area contributed by atoms with Gasteiger partial charge in [-0.2, -0.15) is 0 Å². The third-order valence-electron chi connectivity index (χ3n) is 4.06. The van der Waals surface area contributed by atoms with Crippen molar-refractivity contribution < 1.29 is 4.74 Å². The van der Waals surface area contributed by atoms with Crippen molar-refractivity contribution >= 4 is 16.9 Å². The Morgan fingerprint density at radius 1 is 1.28 bits per heavy atom. The van der Waals surface area contributed by atoms with E-state index in [-0.39, 0.29) is 6.04 Å². The van der Waals surface area contributed by atoms with Crippen LogP contribution in [-0.2, 0) is 11.3 Å². The Bertz CT molecular complexity index is 861.